The van der Waals surface area contributed by atoms with Gasteiger partial charge in [-0.25, -0.2) is 0 Å². The molecule has 0 radical (unpaired) electrons. The molecule has 0 aliphatic carbocycles. The van der Waals surface area contributed by atoms with Crippen LogP contribution in [0.15, 0.2) is 24.3 Å². The fourth-order valence-electron chi connectivity index (χ4n) is 3.25. The van der Waals surface area contributed by atoms with E-state index in [9.17, 15) is 0 Å². The minimum atomic E-state index is 0.289. The van der Waals surface area contributed by atoms with E-state index in [1.165, 1.54) is 31.2 Å². The van der Waals surface area contributed by atoms with E-state index in [1.54, 1.807) is 0 Å². The Kier molecular flexibility index (Phi) is 4.69. The van der Waals surface area contributed by atoms with Crippen molar-refractivity contribution in [2.45, 2.75) is 51.5 Å². The van der Waals surface area contributed by atoms with Crippen LogP contribution in [0, 0.1) is 5.92 Å². The third-order valence-corrected chi connectivity index (χ3v) is 4.05. The molecule has 1 nitrogen and oxygen atoms in total. The van der Waals surface area contributed by atoms with Gasteiger partial charge in [0.15, 0.2) is 0 Å². The first-order chi connectivity index (χ1) is 8.60. The van der Waals surface area contributed by atoms with Gasteiger partial charge in [-0.1, -0.05) is 44.0 Å². The average Bonchev–Trinajstić information content (AvgIpc) is 2.28. The summed E-state index contributed by atoms with van der Waals surface area (Å²) in [6.45, 7) is 5.79. The molecular weight excluding hydrogens is 242 g/mol. The van der Waals surface area contributed by atoms with Gasteiger partial charge in [-0.2, -0.15) is 0 Å². The van der Waals surface area contributed by atoms with Crippen LogP contribution in [-0.4, -0.2) is 12.1 Å². The summed E-state index contributed by atoms with van der Waals surface area (Å²) in [5, 5.41) is 4.64. The van der Waals surface area contributed by atoms with Crippen molar-refractivity contribution in [2.24, 2.45) is 5.92 Å². The second-order valence-electron chi connectivity index (χ2n) is 6.07. The van der Waals surface area contributed by atoms with Gasteiger partial charge < -0.3 is 5.32 Å². The molecule has 2 rings (SSSR count). The van der Waals surface area contributed by atoms with Crippen LogP contribution in [0.1, 0.15) is 45.1 Å². The fourth-order valence-corrected chi connectivity index (χ4v) is 3.46. The number of hydrogen-bond donors (Lipinski definition) is 1. The number of rotatable bonds is 4. The van der Waals surface area contributed by atoms with Gasteiger partial charge in [0.1, 0.15) is 0 Å². The molecule has 1 N–H and O–H groups in total. The lowest BCUT2D eigenvalue weighted by Crippen LogP contribution is -2.51. The molecule has 1 unspecified atom stereocenters. The van der Waals surface area contributed by atoms with Gasteiger partial charge in [-0.15, -0.1) is 0 Å². The van der Waals surface area contributed by atoms with E-state index in [0.717, 1.165) is 23.9 Å². The van der Waals surface area contributed by atoms with Gasteiger partial charge in [0.2, 0.25) is 0 Å². The van der Waals surface area contributed by atoms with Crippen molar-refractivity contribution in [3.8, 4) is 0 Å². The molecule has 100 valence electrons. The number of halogens is 1. The zero-order valence-corrected chi connectivity index (χ0v) is 12.3. The number of benzene rings is 1. The SMILES string of the molecule is CC(C)CC1(Cc2cccc(Cl)c2)CCCCN1. The number of nitrogens with one attached hydrogen (secondary N) is 1. The molecule has 1 aromatic carbocycles. The van der Waals surface area contributed by atoms with Crippen molar-refractivity contribution in [3.05, 3.63) is 34.9 Å². The van der Waals surface area contributed by atoms with E-state index >= 15 is 0 Å². The molecule has 18 heavy (non-hydrogen) atoms. The van der Waals surface area contributed by atoms with Crippen LogP contribution in [0.3, 0.4) is 0 Å². The van der Waals surface area contributed by atoms with E-state index in [4.69, 9.17) is 11.6 Å². The third kappa shape index (κ3) is 3.73. The first-order valence-corrected chi connectivity index (χ1v) is 7.47. The van der Waals surface area contributed by atoms with Crippen LogP contribution in [0.25, 0.3) is 0 Å². The summed E-state index contributed by atoms with van der Waals surface area (Å²) in [5.74, 6) is 0.731. The molecule has 1 saturated heterocycles. The highest BCUT2D eigenvalue weighted by atomic mass is 35.5. The van der Waals surface area contributed by atoms with Crippen LogP contribution in [0.5, 0.6) is 0 Å². The molecule has 0 saturated carbocycles. The Bertz CT molecular complexity index is 380. The molecular formula is C16H24ClN. The van der Waals surface area contributed by atoms with Crippen molar-refractivity contribution in [3.63, 3.8) is 0 Å². The molecule has 1 aliphatic heterocycles. The van der Waals surface area contributed by atoms with Crippen molar-refractivity contribution in [1.82, 2.24) is 5.32 Å². The minimum absolute atomic E-state index is 0.289. The molecule has 1 atom stereocenters. The summed E-state index contributed by atoms with van der Waals surface area (Å²) in [6, 6.07) is 8.32. The lowest BCUT2D eigenvalue weighted by atomic mass is 9.77. The number of hydrogen-bond acceptors (Lipinski definition) is 1. The lowest BCUT2D eigenvalue weighted by Gasteiger charge is -2.40. The highest BCUT2D eigenvalue weighted by Gasteiger charge is 2.32. The second-order valence-corrected chi connectivity index (χ2v) is 6.51. The summed E-state index contributed by atoms with van der Waals surface area (Å²) in [6.07, 6.45) is 6.30. The maximum absolute atomic E-state index is 6.09. The smallest absolute Gasteiger partial charge is 0.0408 e. The zero-order valence-electron chi connectivity index (χ0n) is 11.5. The monoisotopic (exact) mass is 265 g/mol. The van der Waals surface area contributed by atoms with Crippen molar-refractivity contribution < 1.29 is 0 Å². The Morgan fingerprint density at radius 2 is 2.17 bits per heavy atom. The first kappa shape index (κ1) is 13.9. The molecule has 1 aliphatic rings. The van der Waals surface area contributed by atoms with Gasteiger partial charge in [0.05, 0.1) is 0 Å². The highest BCUT2D eigenvalue weighted by molar-refractivity contribution is 6.30. The van der Waals surface area contributed by atoms with Crippen LogP contribution >= 0.6 is 11.6 Å². The summed E-state index contributed by atoms with van der Waals surface area (Å²) < 4.78 is 0. The van der Waals surface area contributed by atoms with Gasteiger partial charge in [-0.05, 0) is 55.8 Å². The molecule has 1 fully saturated rings. The third-order valence-electron chi connectivity index (χ3n) is 3.81. The maximum Gasteiger partial charge on any atom is 0.0408 e. The molecule has 1 aromatic rings. The Hall–Kier alpha value is -0.530. The maximum atomic E-state index is 6.09. The fraction of sp³-hybridized carbons (Fsp3) is 0.625. The Morgan fingerprint density at radius 1 is 1.33 bits per heavy atom. The average molecular weight is 266 g/mol. The van der Waals surface area contributed by atoms with E-state index in [2.05, 4.69) is 37.4 Å². The quantitative estimate of drug-likeness (QED) is 0.849. The predicted molar refractivity (Wildman–Crippen MR) is 79.2 cm³/mol. The van der Waals surface area contributed by atoms with E-state index in [1.807, 2.05) is 6.07 Å². The summed E-state index contributed by atoms with van der Waals surface area (Å²) in [7, 11) is 0. The summed E-state index contributed by atoms with van der Waals surface area (Å²) >= 11 is 6.09. The van der Waals surface area contributed by atoms with E-state index in [0.29, 0.717) is 0 Å². The topological polar surface area (TPSA) is 12.0 Å². The largest absolute Gasteiger partial charge is 0.311 e. The highest BCUT2D eigenvalue weighted by Crippen LogP contribution is 2.30. The molecule has 0 aromatic heterocycles. The molecule has 0 bridgehead atoms. The van der Waals surface area contributed by atoms with Gasteiger partial charge in [0, 0.05) is 10.6 Å². The molecule has 0 spiro atoms. The summed E-state index contributed by atoms with van der Waals surface area (Å²) in [5.41, 5.74) is 1.65. The van der Waals surface area contributed by atoms with Crippen LogP contribution in [0.2, 0.25) is 5.02 Å². The van der Waals surface area contributed by atoms with Crippen molar-refractivity contribution in [1.29, 1.82) is 0 Å². The Morgan fingerprint density at radius 3 is 2.78 bits per heavy atom. The lowest BCUT2D eigenvalue weighted by molar-refractivity contribution is 0.210. The Labute approximate surface area is 116 Å². The molecule has 2 heteroatoms. The standard InChI is InChI=1S/C16H24ClN/c1-13(2)11-16(8-3-4-9-18-16)12-14-6-5-7-15(17)10-14/h5-7,10,13,18H,3-4,8-9,11-12H2,1-2H3. The van der Waals surface area contributed by atoms with Gasteiger partial charge in [-0.3, -0.25) is 0 Å². The van der Waals surface area contributed by atoms with Crippen LogP contribution in [-0.2, 0) is 6.42 Å². The second kappa shape index (κ2) is 6.08. The van der Waals surface area contributed by atoms with Crippen molar-refractivity contribution >= 4 is 11.6 Å². The minimum Gasteiger partial charge on any atom is -0.311 e. The number of piperidine rings is 1. The summed E-state index contributed by atoms with van der Waals surface area (Å²) in [4.78, 5) is 0. The Balaban J connectivity index is 2.14. The van der Waals surface area contributed by atoms with Crippen molar-refractivity contribution in [2.75, 3.05) is 6.54 Å². The normalized spacial score (nSPS) is 24.4. The van der Waals surface area contributed by atoms with Gasteiger partial charge >= 0.3 is 0 Å². The van der Waals surface area contributed by atoms with E-state index in [-0.39, 0.29) is 5.54 Å². The van der Waals surface area contributed by atoms with Crippen LogP contribution < -0.4 is 5.32 Å². The molecule has 1 heterocycles. The van der Waals surface area contributed by atoms with Crippen LogP contribution in [0.4, 0.5) is 0 Å². The predicted octanol–water partition coefficient (Wildman–Crippen LogP) is 4.44. The van der Waals surface area contributed by atoms with E-state index < -0.39 is 0 Å². The first-order valence-electron chi connectivity index (χ1n) is 7.09. The zero-order chi connectivity index (χ0) is 13.0. The van der Waals surface area contributed by atoms with Gasteiger partial charge in [0.25, 0.3) is 0 Å². The molecule has 0 amide bonds.